The van der Waals surface area contributed by atoms with E-state index in [2.05, 4.69) is 10.2 Å². The smallest absolute Gasteiger partial charge is 0.430 e. The first-order valence-electron chi connectivity index (χ1n) is 14.2. The van der Waals surface area contributed by atoms with Crippen LogP contribution in [0.3, 0.4) is 0 Å². The van der Waals surface area contributed by atoms with Gasteiger partial charge in [-0.2, -0.15) is 5.01 Å². The van der Waals surface area contributed by atoms with E-state index in [0.29, 0.717) is 16.1 Å². The van der Waals surface area contributed by atoms with Gasteiger partial charge in [0.05, 0.1) is 26.1 Å². The van der Waals surface area contributed by atoms with E-state index in [0.717, 1.165) is 0 Å². The van der Waals surface area contributed by atoms with Gasteiger partial charge in [-0.25, -0.2) is 24.6 Å². The molecule has 17 nitrogen and oxygen atoms in total. The van der Waals surface area contributed by atoms with Gasteiger partial charge in [-0.05, 0) is 25.0 Å². The van der Waals surface area contributed by atoms with Crippen molar-refractivity contribution in [2.75, 3.05) is 13.2 Å². The minimum absolute atomic E-state index is 0.124. The van der Waals surface area contributed by atoms with Crippen LogP contribution in [0.15, 0.2) is 60.7 Å². The summed E-state index contributed by atoms with van der Waals surface area (Å²) < 4.78 is 19.9. The maximum atomic E-state index is 13.0. The maximum Gasteiger partial charge on any atom is 0.430 e. The summed E-state index contributed by atoms with van der Waals surface area (Å²) in [6.07, 6.45) is -3.54. The second-order valence-electron chi connectivity index (χ2n) is 9.93. The number of amides is 6. The van der Waals surface area contributed by atoms with Crippen LogP contribution in [-0.2, 0) is 60.9 Å². The van der Waals surface area contributed by atoms with Gasteiger partial charge in [0.1, 0.15) is 13.2 Å². The summed E-state index contributed by atoms with van der Waals surface area (Å²) in [7, 11) is 0. The average molecular weight is 656 g/mol. The number of hydrazine groups is 1. The van der Waals surface area contributed by atoms with Gasteiger partial charge >= 0.3 is 24.1 Å². The highest BCUT2D eigenvalue weighted by molar-refractivity contribution is 6.21. The Balaban J connectivity index is 0.000000386. The van der Waals surface area contributed by atoms with E-state index in [9.17, 15) is 38.4 Å². The average Bonchev–Trinajstić information content (AvgIpc) is 3.51. The first-order valence-corrected chi connectivity index (χ1v) is 14.2. The third kappa shape index (κ3) is 8.66. The normalized spacial score (nSPS) is 19.7. The lowest BCUT2D eigenvalue weighted by atomic mass is 9.97. The standard InChI is InChI=1S/C23H23N3O8.C7H10N2O4/c1-2-32-20(29)23(13-18(27)24-19(23)28)26(22(31)34-15-17-11-7-4-8-12-17)25-21(30)33-14-16-9-5-3-6-10-16;1-2-13-6(12)7(8)3-4(10)9-5(7)11/h3-12H,2,13-15H2,1H3,(H,25,30)(H,24,27,28);2-3,8H2,1H3,(H,9,10,11). The number of benzene rings is 2. The lowest BCUT2D eigenvalue weighted by Gasteiger charge is -2.34. The Labute approximate surface area is 268 Å². The molecule has 2 unspecified atom stereocenters. The molecule has 2 aromatic carbocycles. The molecule has 2 saturated heterocycles. The van der Waals surface area contributed by atoms with Crippen LogP contribution < -0.4 is 21.8 Å². The van der Waals surface area contributed by atoms with E-state index >= 15 is 0 Å². The number of nitrogens with one attached hydrogen (secondary N) is 3. The minimum Gasteiger partial charge on any atom is -0.464 e. The van der Waals surface area contributed by atoms with Gasteiger partial charge in [-0.15, -0.1) is 0 Å². The Morgan fingerprint density at radius 3 is 1.68 bits per heavy atom. The van der Waals surface area contributed by atoms with Gasteiger partial charge in [-0.3, -0.25) is 29.8 Å². The van der Waals surface area contributed by atoms with E-state index in [1.807, 2.05) is 10.6 Å². The summed E-state index contributed by atoms with van der Waals surface area (Å²) in [5.74, 6) is -5.40. The fourth-order valence-corrected chi connectivity index (χ4v) is 4.24. The second-order valence-corrected chi connectivity index (χ2v) is 9.93. The predicted octanol–water partition coefficient (Wildman–Crippen LogP) is 0.109. The van der Waals surface area contributed by atoms with Crippen molar-refractivity contribution in [3.8, 4) is 0 Å². The first-order chi connectivity index (χ1) is 22.4. The molecule has 6 amide bonds. The Kier molecular flexibility index (Phi) is 12.1. The van der Waals surface area contributed by atoms with Crippen molar-refractivity contribution >= 4 is 47.8 Å². The number of ether oxygens (including phenoxy) is 4. The predicted molar refractivity (Wildman–Crippen MR) is 157 cm³/mol. The molecule has 2 fully saturated rings. The fraction of sp³-hybridized carbons (Fsp3) is 0.333. The molecule has 5 N–H and O–H groups in total. The third-order valence-corrected chi connectivity index (χ3v) is 6.58. The quantitative estimate of drug-likeness (QED) is 0.0923. The molecule has 0 saturated carbocycles. The molecule has 0 bridgehead atoms. The SMILES string of the molecule is CCOC(=O)C1(N(NC(=O)OCc2ccccc2)C(=O)OCc2ccccc2)CC(=O)NC1=O.CCOC(=O)C1(N)CC(=O)NC1=O. The number of carbonyl (C=O) groups is 8. The Bertz CT molecular complexity index is 1520. The van der Waals surface area contributed by atoms with E-state index in [1.54, 1.807) is 67.6 Å². The summed E-state index contributed by atoms with van der Waals surface area (Å²) in [6, 6.07) is 17.3. The van der Waals surface area contributed by atoms with E-state index in [4.69, 9.17) is 19.9 Å². The molecule has 2 aliphatic rings. The molecular formula is C30H33N5O12. The Hall–Kier alpha value is -5.84. The van der Waals surface area contributed by atoms with Crippen LogP contribution in [-0.4, -0.2) is 77.1 Å². The van der Waals surface area contributed by atoms with Crippen molar-refractivity contribution in [1.82, 2.24) is 21.1 Å². The van der Waals surface area contributed by atoms with Crippen LogP contribution in [0.4, 0.5) is 9.59 Å². The molecule has 250 valence electrons. The molecule has 17 heteroatoms. The molecule has 2 aromatic rings. The number of nitrogens with two attached hydrogens (primary N) is 1. The van der Waals surface area contributed by atoms with Gasteiger partial charge in [0.25, 0.3) is 17.4 Å². The van der Waals surface area contributed by atoms with Crippen LogP contribution in [0.5, 0.6) is 0 Å². The molecule has 4 rings (SSSR count). The topological polar surface area (TPSA) is 239 Å². The van der Waals surface area contributed by atoms with Gasteiger partial charge in [0, 0.05) is 0 Å². The summed E-state index contributed by atoms with van der Waals surface area (Å²) in [5, 5.41) is 4.26. The van der Waals surface area contributed by atoms with Crippen LogP contribution >= 0.6 is 0 Å². The van der Waals surface area contributed by atoms with E-state index in [1.165, 1.54) is 6.92 Å². The lowest BCUT2D eigenvalue weighted by molar-refractivity contribution is -0.163. The van der Waals surface area contributed by atoms with Crippen LogP contribution in [0.2, 0.25) is 0 Å². The number of hydrogen-bond acceptors (Lipinski definition) is 13. The Morgan fingerprint density at radius 2 is 1.21 bits per heavy atom. The summed E-state index contributed by atoms with van der Waals surface area (Å²) in [5.41, 5.74) is 4.43. The highest BCUT2D eigenvalue weighted by Gasteiger charge is 2.62. The largest absolute Gasteiger partial charge is 0.464 e. The number of hydrogen-bond donors (Lipinski definition) is 4. The summed E-state index contributed by atoms with van der Waals surface area (Å²) in [4.78, 5) is 96.1. The number of rotatable bonds is 9. The van der Waals surface area contributed by atoms with Crippen molar-refractivity contribution < 1.29 is 57.3 Å². The van der Waals surface area contributed by atoms with Crippen LogP contribution in [0, 0.1) is 0 Å². The second kappa shape index (κ2) is 15.9. The van der Waals surface area contributed by atoms with Gasteiger partial charge in [0.15, 0.2) is 0 Å². The van der Waals surface area contributed by atoms with Crippen LogP contribution in [0.25, 0.3) is 0 Å². The van der Waals surface area contributed by atoms with Crippen LogP contribution in [0.1, 0.15) is 37.8 Å². The van der Waals surface area contributed by atoms with Crippen molar-refractivity contribution in [3.05, 3.63) is 71.8 Å². The molecule has 0 aromatic heterocycles. The third-order valence-electron chi connectivity index (χ3n) is 6.58. The molecule has 0 spiro atoms. The van der Waals surface area contributed by atoms with Gasteiger partial charge in [0.2, 0.25) is 17.4 Å². The highest BCUT2D eigenvalue weighted by atomic mass is 16.6. The molecule has 2 aliphatic heterocycles. The zero-order valence-electron chi connectivity index (χ0n) is 25.4. The monoisotopic (exact) mass is 655 g/mol. The summed E-state index contributed by atoms with van der Waals surface area (Å²) in [6.45, 7) is 2.67. The molecule has 0 aliphatic carbocycles. The molecule has 2 atom stereocenters. The first kappa shape index (κ1) is 35.6. The molecular weight excluding hydrogens is 622 g/mol. The van der Waals surface area contributed by atoms with E-state index in [-0.39, 0.29) is 32.8 Å². The minimum atomic E-state index is -2.51. The molecule has 0 radical (unpaired) electrons. The van der Waals surface area contributed by atoms with Crippen molar-refractivity contribution in [2.45, 2.75) is 51.0 Å². The zero-order chi connectivity index (χ0) is 34.6. The number of carbonyl (C=O) groups excluding carboxylic acids is 8. The van der Waals surface area contributed by atoms with Crippen molar-refractivity contribution in [2.24, 2.45) is 5.73 Å². The lowest BCUT2D eigenvalue weighted by Crippen LogP contribution is -2.67. The molecule has 47 heavy (non-hydrogen) atoms. The summed E-state index contributed by atoms with van der Waals surface area (Å²) >= 11 is 0. The number of nitrogens with zero attached hydrogens (tertiary/aromatic N) is 1. The zero-order valence-corrected chi connectivity index (χ0v) is 25.4. The number of esters is 2. The van der Waals surface area contributed by atoms with E-state index < -0.39 is 65.3 Å². The number of imide groups is 2. The van der Waals surface area contributed by atoms with Crippen molar-refractivity contribution in [1.29, 1.82) is 0 Å². The Morgan fingerprint density at radius 1 is 0.723 bits per heavy atom. The van der Waals surface area contributed by atoms with Crippen molar-refractivity contribution in [3.63, 3.8) is 0 Å². The van der Waals surface area contributed by atoms with Gasteiger partial charge in [-0.1, -0.05) is 60.7 Å². The van der Waals surface area contributed by atoms with Gasteiger partial charge < -0.3 is 24.7 Å². The molecule has 2 heterocycles. The fourth-order valence-electron chi connectivity index (χ4n) is 4.24. The maximum absolute atomic E-state index is 13.0. The highest BCUT2D eigenvalue weighted by Crippen LogP contribution is 2.27.